The van der Waals surface area contributed by atoms with Gasteiger partial charge in [-0.25, -0.2) is 4.99 Å². The molecule has 9 heteroatoms. The van der Waals surface area contributed by atoms with E-state index in [1.165, 1.54) is 5.69 Å². The molecule has 2 rings (SSSR count). The molecule has 0 atom stereocenters. The number of nitrogens with zero attached hydrogens (tertiary/aromatic N) is 6. The van der Waals surface area contributed by atoms with E-state index < -0.39 is 0 Å². The van der Waals surface area contributed by atoms with Crippen molar-refractivity contribution in [3.8, 4) is 0 Å². The number of hydrogen-bond acceptors (Lipinski definition) is 4. The SMILES string of the molecule is CSCCCNC(=NCc1nnc(C)n1C)N(C)Cc1cc(Br)cn1C. The number of guanidine groups is 1. The standard InChI is InChI=1S/C17H28BrN7S/c1-13-21-22-16(25(13)4)10-20-17(19-7-6-8-26-5)24(3)12-15-9-14(18)11-23(15)2/h9,11H,6-8,10,12H2,1-5H3,(H,19,20). The maximum Gasteiger partial charge on any atom is 0.194 e. The number of thioether (sulfide) groups is 1. The van der Waals surface area contributed by atoms with Crippen LogP contribution >= 0.6 is 27.7 Å². The molecule has 0 aliphatic heterocycles. The fourth-order valence-electron chi connectivity index (χ4n) is 2.50. The summed E-state index contributed by atoms with van der Waals surface area (Å²) < 4.78 is 5.19. The van der Waals surface area contributed by atoms with Gasteiger partial charge in [-0.15, -0.1) is 10.2 Å². The van der Waals surface area contributed by atoms with Crippen LogP contribution in [0.15, 0.2) is 21.7 Å². The van der Waals surface area contributed by atoms with Gasteiger partial charge in [-0.05, 0) is 47.3 Å². The summed E-state index contributed by atoms with van der Waals surface area (Å²) in [6.07, 6.45) is 5.30. The van der Waals surface area contributed by atoms with Gasteiger partial charge in [0.1, 0.15) is 12.4 Å². The molecular weight excluding hydrogens is 414 g/mol. The topological polar surface area (TPSA) is 63.3 Å². The Morgan fingerprint density at radius 2 is 2.15 bits per heavy atom. The summed E-state index contributed by atoms with van der Waals surface area (Å²) in [5, 5.41) is 11.8. The normalized spacial score (nSPS) is 11.8. The van der Waals surface area contributed by atoms with Crippen LogP contribution in [0, 0.1) is 6.92 Å². The second-order valence-corrected chi connectivity index (χ2v) is 8.15. The van der Waals surface area contributed by atoms with Crippen molar-refractivity contribution < 1.29 is 0 Å². The Morgan fingerprint density at radius 3 is 2.73 bits per heavy atom. The molecule has 0 unspecified atom stereocenters. The summed E-state index contributed by atoms with van der Waals surface area (Å²) >= 11 is 5.40. The van der Waals surface area contributed by atoms with Crippen molar-refractivity contribution in [2.75, 3.05) is 25.6 Å². The molecule has 2 heterocycles. The lowest BCUT2D eigenvalue weighted by Gasteiger charge is -2.23. The van der Waals surface area contributed by atoms with Crippen molar-refractivity contribution in [3.63, 3.8) is 0 Å². The van der Waals surface area contributed by atoms with Crippen molar-refractivity contribution in [2.24, 2.45) is 19.1 Å². The van der Waals surface area contributed by atoms with Crippen LogP contribution in [-0.2, 0) is 27.2 Å². The van der Waals surface area contributed by atoms with Crippen molar-refractivity contribution in [2.45, 2.75) is 26.4 Å². The Labute approximate surface area is 168 Å². The summed E-state index contributed by atoms with van der Waals surface area (Å²) in [5.74, 6) is 3.77. The first-order valence-corrected chi connectivity index (χ1v) is 10.7. The summed E-state index contributed by atoms with van der Waals surface area (Å²) in [6, 6.07) is 2.13. The first-order chi connectivity index (χ1) is 12.4. The van der Waals surface area contributed by atoms with Crippen LogP contribution in [0.5, 0.6) is 0 Å². The molecule has 0 radical (unpaired) electrons. The highest BCUT2D eigenvalue weighted by Crippen LogP contribution is 2.15. The summed E-state index contributed by atoms with van der Waals surface area (Å²) in [5.41, 5.74) is 1.22. The van der Waals surface area contributed by atoms with Gasteiger partial charge in [0.25, 0.3) is 0 Å². The number of aromatic nitrogens is 4. The van der Waals surface area contributed by atoms with E-state index in [4.69, 9.17) is 4.99 Å². The third-order valence-electron chi connectivity index (χ3n) is 4.20. The summed E-state index contributed by atoms with van der Waals surface area (Å²) in [4.78, 5) is 6.92. The lowest BCUT2D eigenvalue weighted by Crippen LogP contribution is -2.39. The van der Waals surface area contributed by atoms with Gasteiger partial charge < -0.3 is 19.4 Å². The molecule has 7 nitrogen and oxygen atoms in total. The number of rotatable bonds is 8. The minimum Gasteiger partial charge on any atom is -0.356 e. The van der Waals surface area contributed by atoms with E-state index in [9.17, 15) is 0 Å². The Morgan fingerprint density at radius 1 is 1.38 bits per heavy atom. The van der Waals surface area contributed by atoms with Gasteiger partial charge in [-0.2, -0.15) is 11.8 Å². The van der Waals surface area contributed by atoms with Gasteiger partial charge in [0.15, 0.2) is 11.8 Å². The highest BCUT2D eigenvalue weighted by Gasteiger charge is 2.11. The van der Waals surface area contributed by atoms with Gasteiger partial charge in [0, 0.05) is 44.1 Å². The van der Waals surface area contributed by atoms with Crippen molar-refractivity contribution in [1.29, 1.82) is 0 Å². The molecule has 0 aromatic carbocycles. The van der Waals surface area contributed by atoms with Crippen molar-refractivity contribution in [3.05, 3.63) is 34.1 Å². The highest BCUT2D eigenvalue weighted by molar-refractivity contribution is 9.10. The molecule has 0 spiro atoms. The van der Waals surface area contributed by atoms with Gasteiger partial charge in [-0.1, -0.05) is 0 Å². The molecule has 0 aliphatic carbocycles. The second kappa shape index (κ2) is 10.0. The average molecular weight is 442 g/mol. The number of nitrogens with one attached hydrogen (secondary N) is 1. The molecule has 0 saturated carbocycles. The Balaban J connectivity index is 2.09. The Hall–Kier alpha value is -1.48. The molecule has 0 amide bonds. The minimum atomic E-state index is 0.503. The third-order valence-corrected chi connectivity index (χ3v) is 5.33. The van der Waals surface area contributed by atoms with Crippen LogP contribution in [0.4, 0.5) is 0 Å². The van der Waals surface area contributed by atoms with Crippen LogP contribution in [0.1, 0.15) is 23.8 Å². The molecule has 2 aromatic rings. The van der Waals surface area contributed by atoms with Gasteiger partial charge in [0.05, 0.1) is 6.54 Å². The molecule has 0 aliphatic rings. The Kier molecular flexibility index (Phi) is 8.02. The van der Waals surface area contributed by atoms with E-state index in [0.29, 0.717) is 6.54 Å². The van der Waals surface area contributed by atoms with Crippen LogP contribution in [0.25, 0.3) is 0 Å². The largest absolute Gasteiger partial charge is 0.356 e. The lowest BCUT2D eigenvalue weighted by atomic mass is 10.4. The van der Waals surface area contributed by atoms with E-state index in [-0.39, 0.29) is 0 Å². The van der Waals surface area contributed by atoms with Crippen LogP contribution in [-0.4, -0.2) is 55.8 Å². The van der Waals surface area contributed by atoms with Gasteiger partial charge >= 0.3 is 0 Å². The number of halogens is 1. The molecule has 144 valence electrons. The lowest BCUT2D eigenvalue weighted by molar-refractivity contribution is 0.459. The van der Waals surface area contributed by atoms with E-state index in [0.717, 1.165) is 47.3 Å². The maximum atomic E-state index is 4.78. The maximum absolute atomic E-state index is 4.78. The molecule has 2 aromatic heterocycles. The molecule has 0 saturated heterocycles. The highest BCUT2D eigenvalue weighted by atomic mass is 79.9. The monoisotopic (exact) mass is 441 g/mol. The number of aliphatic imine (C=N–C) groups is 1. The third kappa shape index (κ3) is 5.77. The summed E-state index contributed by atoms with van der Waals surface area (Å²) in [7, 11) is 6.08. The Bertz CT molecular complexity index is 738. The zero-order valence-electron chi connectivity index (χ0n) is 16.2. The van der Waals surface area contributed by atoms with Gasteiger partial charge in [-0.3, -0.25) is 0 Å². The van der Waals surface area contributed by atoms with E-state index in [2.05, 4.69) is 73.5 Å². The number of hydrogen-bond donors (Lipinski definition) is 1. The van der Waals surface area contributed by atoms with Gasteiger partial charge in [0.2, 0.25) is 0 Å². The zero-order chi connectivity index (χ0) is 19.1. The first-order valence-electron chi connectivity index (χ1n) is 8.56. The van der Waals surface area contributed by atoms with Crippen LogP contribution in [0.2, 0.25) is 0 Å². The van der Waals surface area contributed by atoms with Crippen LogP contribution in [0.3, 0.4) is 0 Å². The number of aryl methyl sites for hydroxylation is 2. The van der Waals surface area contributed by atoms with Crippen molar-refractivity contribution >= 4 is 33.7 Å². The quantitative estimate of drug-likeness (QED) is 0.387. The van der Waals surface area contributed by atoms with Crippen molar-refractivity contribution in [1.82, 2.24) is 29.5 Å². The second-order valence-electron chi connectivity index (χ2n) is 6.25. The fourth-order valence-corrected chi connectivity index (χ4v) is 3.51. The zero-order valence-corrected chi connectivity index (χ0v) is 18.6. The van der Waals surface area contributed by atoms with E-state index in [1.54, 1.807) is 0 Å². The molecule has 1 N–H and O–H groups in total. The molecular formula is C17H28BrN7S. The smallest absolute Gasteiger partial charge is 0.194 e. The van der Waals surface area contributed by atoms with E-state index >= 15 is 0 Å². The fraction of sp³-hybridized carbons (Fsp3) is 0.588. The van der Waals surface area contributed by atoms with Crippen LogP contribution < -0.4 is 5.32 Å². The minimum absolute atomic E-state index is 0.503. The average Bonchev–Trinajstić information content (AvgIpc) is 3.08. The predicted molar refractivity (Wildman–Crippen MR) is 112 cm³/mol. The summed E-state index contributed by atoms with van der Waals surface area (Å²) in [6.45, 7) is 4.12. The molecule has 0 fully saturated rings. The first kappa shape index (κ1) is 20.8. The molecule has 26 heavy (non-hydrogen) atoms. The van der Waals surface area contributed by atoms with E-state index in [1.807, 2.05) is 30.3 Å². The molecule has 0 bridgehead atoms. The predicted octanol–water partition coefficient (Wildman–Crippen LogP) is 2.56.